The van der Waals surface area contributed by atoms with Gasteiger partial charge in [-0.1, -0.05) is 12.1 Å². The molecule has 2 unspecified atom stereocenters. The van der Waals surface area contributed by atoms with Gasteiger partial charge >= 0.3 is 6.18 Å². The van der Waals surface area contributed by atoms with Crippen LogP contribution < -0.4 is 0 Å². The Morgan fingerprint density at radius 2 is 1.62 bits per heavy atom. The van der Waals surface area contributed by atoms with Crippen molar-refractivity contribution >= 4 is 0 Å². The lowest BCUT2D eigenvalue weighted by atomic mass is 10.0. The van der Waals surface area contributed by atoms with E-state index in [9.17, 15) is 18.3 Å². The average Bonchev–Trinajstić information content (AvgIpc) is 2.26. The van der Waals surface area contributed by atoms with Crippen molar-refractivity contribution in [2.24, 2.45) is 0 Å². The van der Waals surface area contributed by atoms with Gasteiger partial charge in [0, 0.05) is 0 Å². The molecular weight excluding hydrogens is 223 g/mol. The van der Waals surface area contributed by atoms with Crippen molar-refractivity contribution in [1.29, 1.82) is 5.26 Å². The third kappa shape index (κ3) is 2.72. The fourth-order valence-corrected chi connectivity index (χ4v) is 1.12. The topological polar surface area (TPSA) is 64.2 Å². The van der Waals surface area contributed by atoms with E-state index in [1.54, 1.807) is 0 Å². The van der Waals surface area contributed by atoms with Crippen LogP contribution in [0.3, 0.4) is 0 Å². The third-order valence-corrected chi connectivity index (χ3v) is 2.01. The second-order valence-electron chi connectivity index (χ2n) is 3.14. The van der Waals surface area contributed by atoms with Gasteiger partial charge in [-0.3, -0.25) is 0 Å². The zero-order valence-corrected chi connectivity index (χ0v) is 7.94. The minimum atomic E-state index is -4.45. The number of nitrogens with zero attached hydrogens (tertiary/aromatic N) is 1. The van der Waals surface area contributed by atoms with Gasteiger partial charge in [-0.2, -0.15) is 18.4 Å². The summed E-state index contributed by atoms with van der Waals surface area (Å²) in [6, 6.07) is 5.00. The van der Waals surface area contributed by atoms with E-state index in [4.69, 9.17) is 10.4 Å². The van der Waals surface area contributed by atoms with Gasteiger partial charge in [-0.05, 0) is 17.7 Å². The zero-order valence-electron chi connectivity index (χ0n) is 7.94. The monoisotopic (exact) mass is 231 g/mol. The molecule has 16 heavy (non-hydrogen) atoms. The fraction of sp³-hybridized carbons (Fsp3) is 0.300. The maximum absolute atomic E-state index is 12.2. The SMILES string of the molecule is N#CC(O)C(O)c1ccc(C(F)(F)F)cc1. The molecule has 1 aromatic rings. The van der Waals surface area contributed by atoms with Crippen LogP contribution in [-0.2, 0) is 6.18 Å². The standard InChI is InChI=1S/C10H8F3NO2/c11-10(12,13)7-3-1-6(2-4-7)9(16)8(15)5-14/h1-4,8-9,15-16H. The summed E-state index contributed by atoms with van der Waals surface area (Å²) in [5.41, 5.74) is -0.794. The summed E-state index contributed by atoms with van der Waals surface area (Å²) in [5, 5.41) is 26.6. The molecule has 0 heterocycles. The molecule has 0 bridgehead atoms. The molecule has 86 valence electrons. The summed E-state index contributed by atoms with van der Waals surface area (Å²) in [6.45, 7) is 0. The Balaban J connectivity index is 2.92. The molecule has 0 aromatic heterocycles. The lowest BCUT2D eigenvalue weighted by Gasteiger charge is -2.13. The summed E-state index contributed by atoms with van der Waals surface area (Å²) in [5.74, 6) is 0. The Kier molecular flexibility index (Phi) is 3.52. The van der Waals surface area contributed by atoms with Gasteiger partial charge in [-0.15, -0.1) is 0 Å². The zero-order chi connectivity index (χ0) is 12.3. The fourth-order valence-electron chi connectivity index (χ4n) is 1.12. The molecule has 0 aliphatic rings. The lowest BCUT2D eigenvalue weighted by molar-refractivity contribution is -0.137. The van der Waals surface area contributed by atoms with Crippen molar-refractivity contribution in [3.8, 4) is 6.07 Å². The van der Waals surface area contributed by atoms with Crippen LogP contribution in [0.5, 0.6) is 0 Å². The van der Waals surface area contributed by atoms with Gasteiger partial charge < -0.3 is 10.2 Å². The Labute approximate surface area is 89.4 Å². The van der Waals surface area contributed by atoms with Gasteiger partial charge in [-0.25, -0.2) is 0 Å². The summed E-state index contributed by atoms with van der Waals surface area (Å²) >= 11 is 0. The Bertz CT molecular complexity index is 394. The molecular formula is C10H8F3NO2. The van der Waals surface area contributed by atoms with E-state index in [0.717, 1.165) is 24.3 Å². The summed E-state index contributed by atoms with van der Waals surface area (Å²) < 4.78 is 36.5. The first-order valence-corrected chi connectivity index (χ1v) is 4.29. The molecule has 0 amide bonds. The molecule has 0 saturated carbocycles. The molecule has 6 heteroatoms. The molecule has 0 aliphatic carbocycles. The molecule has 0 aliphatic heterocycles. The first-order chi connectivity index (χ1) is 7.36. The predicted octanol–water partition coefficient (Wildman–Crippen LogP) is 1.62. The van der Waals surface area contributed by atoms with Crippen molar-refractivity contribution < 1.29 is 23.4 Å². The minimum Gasteiger partial charge on any atom is -0.385 e. The predicted molar refractivity (Wildman–Crippen MR) is 48.0 cm³/mol. The first-order valence-electron chi connectivity index (χ1n) is 4.29. The minimum absolute atomic E-state index is 0.0575. The van der Waals surface area contributed by atoms with E-state index in [-0.39, 0.29) is 5.56 Å². The lowest BCUT2D eigenvalue weighted by Crippen LogP contribution is -2.16. The summed E-state index contributed by atoms with van der Waals surface area (Å²) in [7, 11) is 0. The quantitative estimate of drug-likeness (QED) is 0.760. The van der Waals surface area contributed by atoms with Gasteiger partial charge in [0.15, 0.2) is 6.10 Å². The highest BCUT2D eigenvalue weighted by atomic mass is 19.4. The average molecular weight is 231 g/mol. The number of benzene rings is 1. The van der Waals surface area contributed by atoms with E-state index in [0.29, 0.717) is 0 Å². The number of rotatable bonds is 2. The van der Waals surface area contributed by atoms with Gasteiger partial charge in [0.1, 0.15) is 6.10 Å². The van der Waals surface area contributed by atoms with Crippen LogP contribution in [0.15, 0.2) is 24.3 Å². The van der Waals surface area contributed by atoms with E-state index >= 15 is 0 Å². The highest BCUT2D eigenvalue weighted by Gasteiger charge is 2.30. The Morgan fingerprint density at radius 3 is 2.00 bits per heavy atom. The third-order valence-electron chi connectivity index (χ3n) is 2.01. The molecule has 1 aromatic carbocycles. The van der Waals surface area contributed by atoms with E-state index < -0.39 is 23.9 Å². The maximum Gasteiger partial charge on any atom is 0.416 e. The number of hydrogen-bond acceptors (Lipinski definition) is 3. The van der Waals surface area contributed by atoms with Crippen LogP contribution in [0.2, 0.25) is 0 Å². The molecule has 2 atom stereocenters. The number of halogens is 3. The van der Waals surface area contributed by atoms with Crippen LogP contribution >= 0.6 is 0 Å². The van der Waals surface area contributed by atoms with Crippen molar-refractivity contribution in [3.05, 3.63) is 35.4 Å². The van der Waals surface area contributed by atoms with Crippen molar-refractivity contribution in [1.82, 2.24) is 0 Å². The van der Waals surface area contributed by atoms with Gasteiger partial charge in [0.25, 0.3) is 0 Å². The molecule has 3 nitrogen and oxygen atoms in total. The van der Waals surface area contributed by atoms with Crippen LogP contribution in [-0.4, -0.2) is 16.3 Å². The molecule has 0 radical (unpaired) electrons. The summed E-state index contributed by atoms with van der Waals surface area (Å²) in [6.07, 6.45) is -7.61. The van der Waals surface area contributed by atoms with E-state index in [2.05, 4.69) is 0 Å². The first kappa shape index (κ1) is 12.5. The molecule has 1 rings (SSSR count). The van der Waals surface area contributed by atoms with Crippen molar-refractivity contribution in [2.45, 2.75) is 18.4 Å². The highest BCUT2D eigenvalue weighted by molar-refractivity contribution is 5.27. The molecule has 2 N–H and O–H groups in total. The summed E-state index contributed by atoms with van der Waals surface area (Å²) in [4.78, 5) is 0. The molecule has 0 saturated heterocycles. The molecule has 0 spiro atoms. The number of aliphatic hydroxyl groups excluding tert-OH is 2. The van der Waals surface area contributed by atoms with E-state index in [1.807, 2.05) is 0 Å². The number of alkyl halides is 3. The second-order valence-corrected chi connectivity index (χ2v) is 3.14. The van der Waals surface area contributed by atoms with Gasteiger partial charge in [0.2, 0.25) is 0 Å². The van der Waals surface area contributed by atoms with Crippen LogP contribution in [0.25, 0.3) is 0 Å². The van der Waals surface area contributed by atoms with Crippen LogP contribution in [0, 0.1) is 11.3 Å². The van der Waals surface area contributed by atoms with Crippen molar-refractivity contribution in [3.63, 3.8) is 0 Å². The number of hydrogen-bond donors (Lipinski definition) is 2. The Hall–Kier alpha value is -1.58. The number of aliphatic hydroxyl groups is 2. The van der Waals surface area contributed by atoms with E-state index in [1.165, 1.54) is 6.07 Å². The van der Waals surface area contributed by atoms with Crippen LogP contribution in [0.1, 0.15) is 17.2 Å². The second kappa shape index (κ2) is 4.51. The normalized spacial score (nSPS) is 15.2. The smallest absolute Gasteiger partial charge is 0.385 e. The Morgan fingerprint density at radius 1 is 1.12 bits per heavy atom. The molecule has 0 fully saturated rings. The van der Waals surface area contributed by atoms with Crippen LogP contribution in [0.4, 0.5) is 13.2 Å². The number of nitriles is 1. The van der Waals surface area contributed by atoms with Gasteiger partial charge in [0.05, 0.1) is 11.6 Å². The largest absolute Gasteiger partial charge is 0.416 e. The maximum atomic E-state index is 12.2. The van der Waals surface area contributed by atoms with Crippen molar-refractivity contribution in [2.75, 3.05) is 0 Å². The highest BCUT2D eigenvalue weighted by Crippen LogP contribution is 2.30.